The van der Waals surface area contributed by atoms with E-state index in [-0.39, 0.29) is 23.7 Å². The van der Waals surface area contributed by atoms with Crippen molar-refractivity contribution in [3.05, 3.63) is 58.8 Å². The summed E-state index contributed by atoms with van der Waals surface area (Å²) < 4.78 is 15.9. The number of fused-ring (bicyclic) bond motifs is 1. The second-order valence-corrected chi connectivity index (χ2v) is 7.86. The van der Waals surface area contributed by atoms with Gasteiger partial charge in [0.2, 0.25) is 5.91 Å². The maximum atomic E-state index is 14.0. The van der Waals surface area contributed by atoms with Gasteiger partial charge in [0.05, 0.1) is 17.3 Å². The Bertz CT molecular complexity index is 1080. The van der Waals surface area contributed by atoms with Crippen molar-refractivity contribution < 1.29 is 9.18 Å². The van der Waals surface area contributed by atoms with Crippen molar-refractivity contribution in [1.82, 2.24) is 25.0 Å². The zero-order chi connectivity index (χ0) is 20.7. The molecule has 4 rings (SSSR count). The minimum Gasteiger partial charge on any atom is -0.338 e. The van der Waals surface area contributed by atoms with Crippen molar-refractivity contribution in [2.24, 2.45) is 13.0 Å². The Balaban J connectivity index is 1.53. The van der Waals surface area contributed by atoms with E-state index >= 15 is 0 Å². The highest BCUT2D eigenvalue weighted by Crippen LogP contribution is 2.39. The lowest BCUT2D eigenvalue weighted by Crippen LogP contribution is -2.30. The maximum absolute atomic E-state index is 14.0. The molecule has 29 heavy (non-hydrogen) atoms. The van der Waals surface area contributed by atoms with Crippen LogP contribution in [0.5, 0.6) is 0 Å². The molecule has 0 bridgehead atoms. The summed E-state index contributed by atoms with van der Waals surface area (Å²) in [4.78, 5) is 18.7. The summed E-state index contributed by atoms with van der Waals surface area (Å²) >= 11 is 0. The first-order chi connectivity index (χ1) is 13.9. The average Bonchev–Trinajstić information content (AvgIpc) is 3.11. The molecule has 1 N–H and O–H groups in total. The molecule has 7 heteroatoms. The van der Waals surface area contributed by atoms with E-state index in [1.165, 1.54) is 6.07 Å². The van der Waals surface area contributed by atoms with Crippen LogP contribution in [0.25, 0.3) is 10.9 Å². The van der Waals surface area contributed by atoms with E-state index in [0.717, 1.165) is 22.5 Å². The number of aromatic nitrogens is 3. The molecule has 6 nitrogen and oxygen atoms in total. The molecule has 152 valence electrons. The highest BCUT2D eigenvalue weighted by Gasteiger charge is 2.40. The Morgan fingerprint density at radius 3 is 2.76 bits per heavy atom. The second kappa shape index (κ2) is 7.55. The molecule has 0 aliphatic carbocycles. The number of benzene rings is 1. The van der Waals surface area contributed by atoms with E-state index in [4.69, 9.17) is 0 Å². The van der Waals surface area contributed by atoms with E-state index in [2.05, 4.69) is 15.4 Å². The molecule has 1 saturated heterocycles. The zero-order valence-corrected chi connectivity index (χ0v) is 17.2. The van der Waals surface area contributed by atoms with Crippen LogP contribution in [0, 0.1) is 25.6 Å². The first-order valence-electron chi connectivity index (χ1n) is 9.87. The highest BCUT2D eigenvalue weighted by molar-refractivity contribution is 5.82. The molecule has 2 aromatic heterocycles. The lowest BCUT2D eigenvalue weighted by atomic mass is 9.92. The largest absolute Gasteiger partial charge is 0.338 e. The molecule has 1 aliphatic rings. The van der Waals surface area contributed by atoms with Gasteiger partial charge in [-0.1, -0.05) is 6.07 Å². The molecular formula is C22H26FN5O. The predicted molar refractivity (Wildman–Crippen MR) is 110 cm³/mol. The number of nitrogens with one attached hydrogen (secondary N) is 1. The number of likely N-dealkylation sites (tertiary alicyclic amines) is 1. The molecule has 1 aromatic carbocycles. The van der Waals surface area contributed by atoms with Crippen LogP contribution in [0.4, 0.5) is 4.39 Å². The lowest BCUT2D eigenvalue weighted by molar-refractivity contribution is -0.127. The molecule has 1 fully saturated rings. The van der Waals surface area contributed by atoms with Gasteiger partial charge < -0.3 is 10.2 Å². The van der Waals surface area contributed by atoms with Crippen LogP contribution in [-0.2, 0) is 18.4 Å². The maximum Gasteiger partial charge on any atom is 0.223 e. The smallest absolute Gasteiger partial charge is 0.223 e. The average molecular weight is 395 g/mol. The van der Waals surface area contributed by atoms with E-state index in [1.807, 2.05) is 37.5 Å². The number of hydrogen-bond acceptors (Lipinski definition) is 4. The SMILES string of the molecule is Cc1nn(C)c(C)c1[C@H]1[C@H](CNCc2ccc(F)c3cccnc23)CC(=O)N1C. The molecule has 3 aromatic rings. The van der Waals surface area contributed by atoms with Crippen molar-refractivity contribution in [2.75, 3.05) is 13.6 Å². The minimum atomic E-state index is -0.262. The number of aryl methyl sites for hydroxylation is 2. The summed E-state index contributed by atoms with van der Waals surface area (Å²) in [6, 6.07) is 6.75. The first kappa shape index (κ1) is 19.5. The fourth-order valence-electron chi connectivity index (χ4n) is 4.51. The predicted octanol–water partition coefficient (Wildman–Crippen LogP) is 3.03. The first-order valence-corrected chi connectivity index (χ1v) is 9.87. The van der Waals surface area contributed by atoms with Crippen LogP contribution < -0.4 is 5.32 Å². The Morgan fingerprint density at radius 1 is 1.24 bits per heavy atom. The van der Waals surface area contributed by atoms with E-state index < -0.39 is 0 Å². The van der Waals surface area contributed by atoms with E-state index in [1.54, 1.807) is 24.4 Å². The van der Waals surface area contributed by atoms with Crippen LogP contribution in [0.2, 0.25) is 0 Å². The Hall–Kier alpha value is -2.80. The number of carbonyl (C=O) groups excluding carboxylic acids is 1. The molecular weight excluding hydrogens is 369 g/mol. The van der Waals surface area contributed by atoms with Crippen molar-refractivity contribution >= 4 is 16.8 Å². The molecule has 1 aliphatic heterocycles. The number of rotatable bonds is 5. The fraction of sp³-hybridized carbons (Fsp3) is 0.409. The summed E-state index contributed by atoms with van der Waals surface area (Å²) in [5, 5.41) is 8.54. The summed E-state index contributed by atoms with van der Waals surface area (Å²) in [6.45, 7) is 5.30. The third-order valence-electron chi connectivity index (χ3n) is 6.08. The number of halogens is 1. The van der Waals surface area contributed by atoms with Gasteiger partial charge in [-0.25, -0.2) is 4.39 Å². The minimum absolute atomic E-state index is 0.00628. The van der Waals surface area contributed by atoms with Crippen molar-refractivity contribution in [1.29, 1.82) is 0 Å². The number of nitrogens with zero attached hydrogens (tertiary/aromatic N) is 4. The molecule has 0 spiro atoms. The topological polar surface area (TPSA) is 63.1 Å². The molecule has 2 atom stereocenters. The molecule has 0 radical (unpaired) electrons. The van der Waals surface area contributed by atoms with Crippen LogP contribution >= 0.6 is 0 Å². The molecule has 1 amide bonds. The third-order valence-corrected chi connectivity index (χ3v) is 6.08. The van der Waals surface area contributed by atoms with Gasteiger partial charge in [0, 0.05) is 62.4 Å². The van der Waals surface area contributed by atoms with Gasteiger partial charge in [-0.05, 0) is 37.6 Å². The van der Waals surface area contributed by atoms with Gasteiger partial charge in [0.25, 0.3) is 0 Å². The summed E-state index contributed by atoms with van der Waals surface area (Å²) in [5.74, 6) is 0.0366. The normalized spacial score (nSPS) is 19.5. The quantitative estimate of drug-likeness (QED) is 0.721. The van der Waals surface area contributed by atoms with Gasteiger partial charge in [-0.3, -0.25) is 14.5 Å². The number of amides is 1. The number of hydrogen-bond donors (Lipinski definition) is 1. The van der Waals surface area contributed by atoms with Gasteiger partial charge in [0.15, 0.2) is 0 Å². The third kappa shape index (κ3) is 3.40. The summed E-state index contributed by atoms with van der Waals surface area (Å²) in [7, 11) is 3.80. The van der Waals surface area contributed by atoms with Gasteiger partial charge >= 0.3 is 0 Å². The van der Waals surface area contributed by atoms with Crippen molar-refractivity contribution in [2.45, 2.75) is 32.9 Å². The molecule has 0 saturated carbocycles. The molecule has 3 heterocycles. The van der Waals surface area contributed by atoms with Crippen LogP contribution in [-0.4, -0.2) is 39.2 Å². The lowest BCUT2D eigenvalue weighted by Gasteiger charge is -2.26. The Kier molecular flexibility index (Phi) is 5.08. The van der Waals surface area contributed by atoms with Gasteiger partial charge in [0.1, 0.15) is 5.82 Å². The van der Waals surface area contributed by atoms with Gasteiger partial charge in [-0.2, -0.15) is 5.10 Å². The monoisotopic (exact) mass is 395 g/mol. The number of pyridine rings is 1. The van der Waals surface area contributed by atoms with Crippen molar-refractivity contribution in [3.63, 3.8) is 0 Å². The Morgan fingerprint density at radius 2 is 2.03 bits per heavy atom. The van der Waals surface area contributed by atoms with Crippen LogP contribution in [0.3, 0.4) is 0 Å². The number of carbonyl (C=O) groups is 1. The van der Waals surface area contributed by atoms with Crippen LogP contribution in [0.15, 0.2) is 30.5 Å². The van der Waals surface area contributed by atoms with E-state index in [0.29, 0.717) is 30.4 Å². The van der Waals surface area contributed by atoms with Crippen molar-refractivity contribution in [3.8, 4) is 0 Å². The second-order valence-electron chi connectivity index (χ2n) is 7.86. The Labute approximate surface area is 169 Å². The van der Waals surface area contributed by atoms with E-state index in [9.17, 15) is 9.18 Å². The van der Waals surface area contributed by atoms with Gasteiger partial charge in [-0.15, -0.1) is 0 Å². The summed E-state index contributed by atoms with van der Waals surface area (Å²) in [5.41, 5.74) is 4.82. The van der Waals surface area contributed by atoms with Crippen LogP contribution in [0.1, 0.15) is 35.0 Å². The standard InChI is InChI=1S/C22H26FN5O/c1-13-20(14(2)28(4)26-13)22-16(10-19(29)27(22)3)12-24-11-15-7-8-18(23)17-6-5-9-25-21(15)17/h5-9,16,22,24H,10-12H2,1-4H3/t16-,22+/m0/s1. The fourth-order valence-corrected chi connectivity index (χ4v) is 4.51. The zero-order valence-electron chi connectivity index (χ0n) is 17.2. The highest BCUT2D eigenvalue weighted by atomic mass is 19.1. The summed E-state index contributed by atoms with van der Waals surface area (Å²) in [6.07, 6.45) is 2.18. The molecule has 0 unspecified atom stereocenters.